The van der Waals surface area contributed by atoms with Gasteiger partial charge in [0.25, 0.3) is 11.5 Å². The van der Waals surface area contributed by atoms with Gasteiger partial charge in [-0.1, -0.05) is 12.1 Å². The largest absolute Gasteiger partial charge is 0.497 e. The summed E-state index contributed by atoms with van der Waals surface area (Å²) >= 11 is 2.39. The van der Waals surface area contributed by atoms with Gasteiger partial charge in [0.15, 0.2) is 0 Å². The Morgan fingerprint density at radius 3 is 2.56 bits per heavy atom. The predicted molar refractivity (Wildman–Crippen MR) is 143 cm³/mol. The minimum absolute atomic E-state index is 0.198. The SMILES string of the molecule is CCOC(=O)c1c(-c2ccc(OC)cc2)csc1NC(=O)c1sc2nc(CN(C)C)[nH]c(=O)c2c1C. The second-order valence-corrected chi connectivity index (χ2v) is 10.1. The second-order valence-electron chi connectivity index (χ2n) is 8.24. The lowest BCUT2D eigenvalue weighted by atomic mass is 10.0. The maximum Gasteiger partial charge on any atom is 0.341 e. The molecule has 188 valence electrons. The van der Waals surface area contributed by atoms with Crippen LogP contribution >= 0.6 is 22.7 Å². The number of hydrogen-bond donors (Lipinski definition) is 2. The molecule has 0 aliphatic heterocycles. The van der Waals surface area contributed by atoms with E-state index in [1.165, 1.54) is 11.3 Å². The molecule has 0 bridgehead atoms. The molecule has 0 saturated carbocycles. The summed E-state index contributed by atoms with van der Waals surface area (Å²) in [7, 11) is 5.34. The fourth-order valence-corrected chi connectivity index (χ4v) is 5.83. The van der Waals surface area contributed by atoms with Crippen LogP contribution in [-0.4, -0.2) is 54.6 Å². The molecule has 0 aliphatic carbocycles. The number of esters is 1. The molecule has 0 aliphatic rings. The molecule has 36 heavy (non-hydrogen) atoms. The molecule has 1 aromatic carbocycles. The number of hydrogen-bond acceptors (Lipinski definition) is 9. The summed E-state index contributed by atoms with van der Waals surface area (Å²) in [6.07, 6.45) is 0. The summed E-state index contributed by atoms with van der Waals surface area (Å²) in [5, 5.41) is 5.43. The number of aromatic nitrogens is 2. The zero-order chi connectivity index (χ0) is 26.0. The molecular formula is C25H26N4O5S2. The number of nitrogens with one attached hydrogen (secondary N) is 2. The molecular weight excluding hydrogens is 500 g/mol. The minimum atomic E-state index is -0.528. The number of aromatic amines is 1. The molecule has 0 atom stereocenters. The Balaban J connectivity index is 1.71. The van der Waals surface area contributed by atoms with Gasteiger partial charge in [-0.2, -0.15) is 0 Å². The smallest absolute Gasteiger partial charge is 0.341 e. The Kier molecular flexibility index (Phi) is 7.53. The Morgan fingerprint density at radius 2 is 1.92 bits per heavy atom. The minimum Gasteiger partial charge on any atom is -0.497 e. The number of thiophene rings is 2. The van der Waals surface area contributed by atoms with Crippen molar-refractivity contribution in [2.75, 3.05) is 33.1 Å². The van der Waals surface area contributed by atoms with Crippen LogP contribution in [0.4, 0.5) is 5.00 Å². The summed E-state index contributed by atoms with van der Waals surface area (Å²) in [6, 6.07) is 7.29. The van der Waals surface area contributed by atoms with E-state index < -0.39 is 11.9 Å². The predicted octanol–water partition coefficient (Wildman–Crippen LogP) is 4.52. The molecule has 0 radical (unpaired) electrons. The highest BCUT2D eigenvalue weighted by Crippen LogP contribution is 2.38. The van der Waals surface area contributed by atoms with E-state index >= 15 is 0 Å². The summed E-state index contributed by atoms with van der Waals surface area (Å²) < 4.78 is 10.5. The number of amides is 1. The van der Waals surface area contributed by atoms with Crippen molar-refractivity contribution in [3.63, 3.8) is 0 Å². The van der Waals surface area contributed by atoms with Gasteiger partial charge in [0, 0.05) is 10.9 Å². The molecule has 0 saturated heterocycles. The van der Waals surface area contributed by atoms with Crippen molar-refractivity contribution in [1.82, 2.24) is 14.9 Å². The topological polar surface area (TPSA) is 114 Å². The number of nitrogens with zero attached hydrogens (tertiary/aromatic N) is 2. The first-order valence-corrected chi connectivity index (χ1v) is 12.8. The van der Waals surface area contributed by atoms with Crippen LogP contribution in [0.25, 0.3) is 21.3 Å². The zero-order valence-corrected chi connectivity index (χ0v) is 22.2. The molecule has 2 N–H and O–H groups in total. The fraction of sp³-hybridized carbons (Fsp3) is 0.280. The van der Waals surface area contributed by atoms with Crippen molar-refractivity contribution in [3.8, 4) is 16.9 Å². The number of benzene rings is 1. The van der Waals surface area contributed by atoms with Crippen LogP contribution in [0.3, 0.4) is 0 Å². The Bertz CT molecular complexity index is 1480. The summed E-state index contributed by atoms with van der Waals surface area (Å²) in [5.41, 5.74) is 1.98. The van der Waals surface area contributed by atoms with Gasteiger partial charge in [-0.25, -0.2) is 9.78 Å². The third-order valence-corrected chi connectivity index (χ3v) is 7.50. The maximum absolute atomic E-state index is 13.3. The number of fused-ring (bicyclic) bond motifs is 1. The van der Waals surface area contributed by atoms with Crippen LogP contribution in [0.2, 0.25) is 0 Å². The first-order valence-electron chi connectivity index (χ1n) is 11.1. The molecule has 4 aromatic rings. The van der Waals surface area contributed by atoms with Crippen LogP contribution in [0.15, 0.2) is 34.4 Å². The van der Waals surface area contributed by atoms with E-state index in [-0.39, 0.29) is 17.7 Å². The van der Waals surface area contributed by atoms with Crippen LogP contribution in [0.1, 0.15) is 38.3 Å². The van der Waals surface area contributed by atoms with Crippen molar-refractivity contribution in [2.45, 2.75) is 20.4 Å². The number of H-pyrrole nitrogens is 1. The van der Waals surface area contributed by atoms with Gasteiger partial charge >= 0.3 is 5.97 Å². The van der Waals surface area contributed by atoms with E-state index in [1.807, 2.05) is 31.1 Å². The van der Waals surface area contributed by atoms with Gasteiger partial charge in [-0.05, 0) is 51.2 Å². The van der Waals surface area contributed by atoms with Gasteiger partial charge in [0.1, 0.15) is 27.0 Å². The van der Waals surface area contributed by atoms with Crippen LogP contribution in [-0.2, 0) is 11.3 Å². The summed E-state index contributed by atoms with van der Waals surface area (Å²) in [4.78, 5) is 49.0. The highest BCUT2D eigenvalue weighted by molar-refractivity contribution is 7.21. The van der Waals surface area contributed by atoms with Gasteiger partial charge in [-0.3, -0.25) is 9.59 Å². The zero-order valence-electron chi connectivity index (χ0n) is 20.6. The lowest BCUT2D eigenvalue weighted by Crippen LogP contribution is -2.18. The van der Waals surface area contributed by atoms with E-state index in [0.29, 0.717) is 49.3 Å². The third-order valence-electron chi connectivity index (χ3n) is 5.42. The number of methoxy groups -OCH3 is 1. The number of ether oxygens (including phenoxy) is 2. The number of aryl methyl sites for hydroxylation is 1. The highest BCUT2D eigenvalue weighted by Gasteiger charge is 2.25. The van der Waals surface area contributed by atoms with Gasteiger partial charge in [0.05, 0.1) is 30.5 Å². The molecule has 0 fully saturated rings. The maximum atomic E-state index is 13.3. The van der Waals surface area contributed by atoms with E-state index in [2.05, 4.69) is 15.3 Å². The van der Waals surface area contributed by atoms with Crippen molar-refractivity contribution >= 4 is 49.8 Å². The van der Waals surface area contributed by atoms with Crippen molar-refractivity contribution in [3.05, 3.63) is 61.8 Å². The van der Waals surface area contributed by atoms with Crippen molar-refractivity contribution in [1.29, 1.82) is 0 Å². The van der Waals surface area contributed by atoms with Crippen molar-refractivity contribution in [2.24, 2.45) is 0 Å². The van der Waals surface area contributed by atoms with E-state index in [1.54, 1.807) is 38.5 Å². The van der Waals surface area contributed by atoms with Crippen molar-refractivity contribution < 1.29 is 19.1 Å². The molecule has 1 amide bonds. The average molecular weight is 527 g/mol. The summed E-state index contributed by atoms with van der Waals surface area (Å²) in [5.74, 6) is 0.271. The first-order chi connectivity index (χ1) is 17.2. The standard InChI is InChI=1S/C25H26N4O5S2/c1-6-34-25(32)19-16(14-7-9-15(33-5)10-8-14)12-35-23(19)28-22(31)20-13(2)18-21(30)26-17(11-29(3)4)27-24(18)36-20/h7-10,12H,6,11H2,1-5H3,(H,28,31)(H,26,27,30). The number of anilines is 1. The molecule has 0 spiro atoms. The van der Waals surface area contributed by atoms with Gasteiger partial charge < -0.3 is 24.7 Å². The molecule has 0 unspecified atom stereocenters. The molecule has 9 nitrogen and oxygen atoms in total. The number of carbonyl (C=O) groups excluding carboxylic acids is 2. The number of carbonyl (C=O) groups is 2. The van der Waals surface area contributed by atoms with Crippen LogP contribution < -0.4 is 15.6 Å². The van der Waals surface area contributed by atoms with Gasteiger partial charge in [-0.15, -0.1) is 22.7 Å². The van der Waals surface area contributed by atoms with Crippen LogP contribution in [0.5, 0.6) is 5.75 Å². The Morgan fingerprint density at radius 1 is 1.19 bits per heavy atom. The van der Waals surface area contributed by atoms with E-state index in [9.17, 15) is 14.4 Å². The molecule has 3 heterocycles. The average Bonchev–Trinajstić information content (AvgIpc) is 3.40. The Labute approximate surface area is 215 Å². The monoisotopic (exact) mass is 526 g/mol. The number of rotatable bonds is 8. The molecule has 4 rings (SSSR count). The van der Waals surface area contributed by atoms with Gasteiger partial charge in [0.2, 0.25) is 0 Å². The molecule has 11 heteroatoms. The lowest BCUT2D eigenvalue weighted by molar-refractivity contribution is 0.0529. The molecule has 3 aromatic heterocycles. The van der Waals surface area contributed by atoms with E-state index in [4.69, 9.17) is 9.47 Å². The Hall–Kier alpha value is -3.54. The normalized spacial score (nSPS) is 11.2. The third kappa shape index (κ3) is 5.03. The summed E-state index contributed by atoms with van der Waals surface area (Å²) in [6.45, 7) is 4.12. The quantitative estimate of drug-likeness (QED) is 0.325. The van der Waals surface area contributed by atoms with Crippen LogP contribution in [0, 0.1) is 6.92 Å². The second kappa shape index (κ2) is 10.6. The first kappa shape index (κ1) is 25.5. The highest BCUT2D eigenvalue weighted by atomic mass is 32.1. The van der Waals surface area contributed by atoms with E-state index in [0.717, 1.165) is 16.9 Å². The fourth-order valence-electron chi connectivity index (χ4n) is 3.78. The lowest BCUT2D eigenvalue weighted by Gasteiger charge is -2.09.